The molecule has 0 fully saturated rings. The Labute approximate surface area is 379 Å². The summed E-state index contributed by atoms with van der Waals surface area (Å²) in [6, 6.07) is 23.4. The van der Waals surface area contributed by atoms with E-state index in [0.717, 1.165) is 68.8 Å². The minimum absolute atomic E-state index is 0.00421. The van der Waals surface area contributed by atoms with Gasteiger partial charge in [0.15, 0.2) is 18.4 Å². The largest absolute Gasteiger partial charge is 0.486 e. The maximum absolute atomic E-state index is 10.9. The predicted octanol–water partition coefficient (Wildman–Crippen LogP) is 3.64. The summed E-state index contributed by atoms with van der Waals surface area (Å²) in [5.74, 6) is 3.05. The summed E-state index contributed by atoms with van der Waals surface area (Å²) in [5, 5.41) is 8.80. The van der Waals surface area contributed by atoms with E-state index in [0.29, 0.717) is 13.1 Å². The van der Waals surface area contributed by atoms with Gasteiger partial charge < -0.3 is 54.1 Å². The monoisotopic (exact) mass is 877 g/mol. The number of hydrogen-bond donors (Lipinski definition) is 4. The molecule has 4 atom stereocenters. The fourth-order valence-corrected chi connectivity index (χ4v) is 8.68. The predicted molar refractivity (Wildman–Crippen MR) is 255 cm³/mol. The van der Waals surface area contributed by atoms with Crippen molar-refractivity contribution in [3.8, 4) is 23.0 Å². The zero-order valence-electron chi connectivity index (χ0n) is 38.5. The smallest absolute Gasteiger partial charge is 0.328 e. The molecule has 0 radical (unpaired) electrons. The lowest BCUT2D eigenvalue weighted by Crippen LogP contribution is -2.27. The van der Waals surface area contributed by atoms with E-state index in [1.165, 1.54) is 25.0 Å². The van der Waals surface area contributed by atoms with Gasteiger partial charge in [0.05, 0.1) is 24.4 Å². The molecule has 64 heavy (non-hydrogen) atoms. The first-order valence-corrected chi connectivity index (χ1v) is 22.2. The van der Waals surface area contributed by atoms with Crippen LogP contribution < -0.4 is 58.0 Å². The average molecular weight is 877 g/mol. The number of aliphatic hydroxyl groups is 1. The maximum atomic E-state index is 10.9. The third-order valence-corrected chi connectivity index (χ3v) is 11.4. The summed E-state index contributed by atoms with van der Waals surface area (Å²) >= 11 is 0. The first kappa shape index (κ1) is 50.4. The molecule has 0 unspecified atom stereocenters. The summed E-state index contributed by atoms with van der Waals surface area (Å²) in [6.45, 7) is 16.3. The van der Waals surface area contributed by atoms with E-state index in [9.17, 15) is 9.59 Å². The zero-order chi connectivity index (χ0) is 46.5. The van der Waals surface area contributed by atoms with Gasteiger partial charge in [0.1, 0.15) is 42.9 Å². The number of ether oxygens (including phenoxy) is 4. The third-order valence-electron chi connectivity index (χ3n) is 11.4. The molecule has 7 N–H and O–H groups in total. The van der Waals surface area contributed by atoms with Crippen LogP contribution in [-0.2, 0) is 28.2 Å². The van der Waals surface area contributed by atoms with Crippen LogP contribution in [0.15, 0.2) is 72.8 Å². The third kappa shape index (κ3) is 12.0. The quantitative estimate of drug-likeness (QED) is 0.106. The van der Waals surface area contributed by atoms with Crippen LogP contribution in [0.2, 0.25) is 27.3 Å². The Hall–Kier alpha value is -4.64. The van der Waals surface area contributed by atoms with E-state index < -0.39 is 0 Å². The van der Waals surface area contributed by atoms with Crippen LogP contribution in [0.5, 0.6) is 23.0 Å². The Bertz CT molecular complexity index is 2030. The summed E-state index contributed by atoms with van der Waals surface area (Å²) in [5.41, 5.74) is 25.6. The van der Waals surface area contributed by atoms with Gasteiger partial charge in [-0.3, -0.25) is 15.3 Å². The molecule has 8 rings (SSSR count). The van der Waals surface area contributed by atoms with Gasteiger partial charge in [-0.05, 0) is 95.1 Å². The highest BCUT2D eigenvalue weighted by molar-refractivity contribution is 6.70. The molecule has 0 amide bonds. The first-order valence-electron chi connectivity index (χ1n) is 22.2. The van der Waals surface area contributed by atoms with Crippen molar-refractivity contribution in [2.24, 2.45) is 17.2 Å². The van der Waals surface area contributed by atoms with Crippen LogP contribution in [-0.4, -0.2) is 84.2 Å². The number of carbonyl (C=O) groups is 2. The molecule has 4 aromatic carbocycles. The number of aliphatic hydroxyl groups excluding tert-OH is 1. The van der Waals surface area contributed by atoms with Gasteiger partial charge in [0.25, 0.3) is 0 Å². The topological polar surface area (TPSA) is 206 Å². The minimum atomic E-state index is -0.292. The Morgan fingerprint density at radius 2 is 0.812 bits per heavy atom. The molecule has 4 heterocycles. The van der Waals surface area contributed by atoms with E-state index in [1.807, 2.05) is 81.1 Å². The SMILES string of the molecule is CB1O[C@@H](CN)c2cccc(OCC(C)=O)c21.CB1O[C@H](CN)c2cccc(OCC(C)=O)c21.CC[C@@H]1OB(C)c2c(OCN)cccc21.CC[C@@H]1OB(C)c2c(OCO)cccc21. The van der Waals surface area contributed by atoms with E-state index in [-0.39, 0.29) is 90.4 Å². The van der Waals surface area contributed by atoms with Gasteiger partial charge in [-0.2, -0.15) is 0 Å². The molecule has 0 saturated heterocycles. The van der Waals surface area contributed by atoms with Crippen LogP contribution in [0, 0.1) is 0 Å². The standard InChI is InChI=1S/2C12H16BNO3.C11H16BNO2.C11H15BO3/c2*1-8(15)7-16-10-5-3-4-9-11(6-14)17-13(2)12(9)10;2*1-3-9-8-5-4-6-10(14-7-13)11(8)12(2)15-9/h2*3-5,11H,6-7,14H2,1-2H3;4-6,9H,3,7,13H2,1-2H3;4-6,9,13H,3,7H2,1-2H3/t2*11-;2*9-/m1000/s1. The van der Waals surface area contributed by atoms with Crippen molar-refractivity contribution >= 4 is 61.1 Å². The normalized spacial score (nSPS) is 18.6. The molecule has 0 saturated carbocycles. The van der Waals surface area contributed by atoms with Gasteiger partial charge in [0.2, 0.25) is 0 Å². The molecular weight excluding hydrogens is 814 g/mol. The molecule has 0 bridgehead atoms. The fraction of sp³-hybridized carbons (Fsp3) is 0.435. The van der Waals surface area contributed by atoms with Crippen LogP contribution in [0.25, 0.3) is 0 Å². The number of fused-ring (bicyclic) bond motifs is 4. The summed E-state index contributed by atoms with van der Waals surface area (Å²) in [6.07, 6.45) is 2.18. The molecule has 14 nitrogen and oxygen atoms in total. The second kappa shape index (κ2) is 24.0. The van der Waals surface area contributed by atoms with Crippen LogP contribution >= 0.6 is 0 Å². The second-order valence-corrected chi connectivity index (χ2v) is 16.0. The lowest BCUT2D eigenvalue weighted by molar-refractivity contribution is -0.119. The highest BCUT2D eigenvalue weighted by atomic mass is 16.6. The Morgan fingerprint density at radius 3 is 1.09 bits per heavy atom. The highest BCUT2D eigenvalue weighted by Crippen LogP contribution is 2.32. The first-order chi connectivity index (χ1) is 30.8. The molecule has 4 aliphatic rings. The van der Waals surface area contributed by atoms with Crippen LogP contribution in [0.4, 0.5) is 0 Å². The molecule has 340 valence electrons. The lowest BCUT2D eigenvalue weighted by atomic mass is 9.63. The van der Waals surface area contributed by atoms with Crippen molar-refractivity contribution in [3.63, 3.8) is 0 Å². The minimum Gasteiger partial charge on any atom is -0.486 e. The van der Waals surface area contributed by atoms with E-state index in [2.05, 4.69) is 32.8 Å². The van der Waals surface area contributed by atoms with Crippen molar-refractivity contribution in [1.29, 1.82) is 0 Å². The number of rotatable bonds is 14. The van der Waals surface area contributed by atoms with E-state index >= 15 is 0 Å². The molecular formula is C46H63B4N3O11. The van der Waals surface area contributed by atoms with Crippen molar-refractivity contribution in [1.82, 2.24) is 0 Å². The van der Waals surface area contributed by atoms with Crippen molar-refractivity contribution in [3.05, 3.63) is 95.1 Å². The Balaban J connectivity index is 0.000000161. The number of nitrogens with two attached hydrogens (primary N) is 3. The molecule has 4 aromatic rings. The summed E-state index contributed by atoms with van der Waals surface area (Å²) < 4.78 is 44.7. The molecule has 0 aliphatic carbocycles. The average Bonchev–Trinajstić information content (AvgIpc) is 4.02. The van der Waals surface area contributed by atoms with Crippen molar-refractivity contribution in [2.45, 2.75) is 92.2 Å². The molecule has 18 heteroatoms. The van der Waals surface area contributed by atoms with Gasteiger partial charge in [-0.25, -0.2) is 0 Å². The Morgan fingerprint density at radius 1 is 0.516 bits per heavy atom. The number of carbonyl (C=O) groups excluding carboxylic acids is 2. The molecule has 0 aromatic heterocycles. The van der Waals surface area contributed by atoms with Gasteiger partial charge in [-0.1, -0.05) is 89.7 Å². The lowest BCUT2D eigenvalue weighted by Gasteiger charge is -2.11. The van der Waals surface area contributed by atoms with Crippen molar-refractivity contribution in [2.75, 3.05) is 39.8 Å². The van der Waals surface area contributed by atoms with E-state index in [4.69, 9.17) is 59.9 Å². The number of Topliss-reactive ketones (excluding diaryl/α,β-unsaturated/α-hetero) is 2. The Kier molecular flexibility index (Phi) is 18.9. The molecule has 0 spiro atoms. The van der Waals surface area contributed by atoms with Crippen LogP contribution in [0.1, 0.15) is 87.2 Å². The summed E-state index contributed by atoms with van der Waals surface area (Å²) in [4.78, 5) is 21.9. The maximum Gasteiger partial charge on any atom is 0.328 e. The highest BCUT2D eigenvalue weighted by Gasteiger charge is 2.36. The number of ketones is 2. The molecule has 4 aliphatic heterocycles. The fourth-order valence-electron chi connectivity index (χ4n) is 8.68. The van der Waals surface area contributed by atoms with Gasteiger partial charge >= 0.3 is 27.7 Å². The van der Waals surface area contributed by atoms with Crippen molar-refractivity contribution < 1.29 is 52.3 Å². The zero-order valence-corrected chi connectivity index (χ0v) is 38.5. The van der Waals surface area contributed by atoms with Gasteiger partial charge in [-0.15, -0.1) is 0 Å². The van der Waals surface area contributed by atoms with Gasteiger partial charge in [0, 0.05) is 13.1 Å². The van der Waals surface area contributed by atoms with Crippen LogP contribution in [0.3, 0.4) is 0 Å². The second-order valence-electron chi connectivity index (χ2n) is 16.0. The summed E-state index contributed by atoms with van der Waals surface area (Å²) in [7, 11) is 0. The van der Waals surface area contributed by atoms with E-state index in [1.54, 1.807) is 0 Å². The number of hydrogen-bond acceptors (Lipinski definition) is 14. The number of benzene rings is 4.